The molecule has 2 amide bonds. The maximum absolute atomic E-state index is 12.7. The highest BCUT2D eigenvalue weighted by Gasteiger charge is 2.40. The van der Waals surface area contributed by atoms with Crippen molar-refractivity contribution in [3.63, 3.8) is 0 Å². The number of nitrogens with zero attached hydrogens (tertiary/aromatic N) is 2. The van der Waals surface area contributed by atoms with Crippen LogP contribution in [0.2, 0.25) is 0 Å². The highest BCUT2D eigenvalue weighted by Crippen LogP contribution is 2.38. The van der Waals surface area contributed by atoms with Gasteiger partial charge < -0.3 is 24.8 Å². The van der Waals surface area contributed by atoms with Gasteiger partial charge in [0, 0.05) is 18.7 Å². The van der Waals surface area contributed by atoms with E-state index in [2.05, 4.69) is 28.4 Å². The Morgan fingerprint density at radius 1 is 1.02 bits per heavy atom. The van der Waals surface area contributed by atoms with Gasteiger partial charge in [0.2, 0.25) is 0 Å². The number of carbonyl (C=O) groups is 2. The van der Waals surface area contributed by atoms with Gasteiger partial charge in [-0.1, -0.05) is 60.7 Å². The first-order chi connectivity index (χ1) is 21.7. The van der Waals surface area contributed by atoms with E-state index in [1.54, 1.807) is 4.90 Å². The van der Waals surface area contributed by atoms with Crippen molar-refractivity contribution in [1.82, 2.24) is 10.2 Å². The molecule has 0 aliphatic carbocycles. The maximum Gasteiger partial charge on any atom is 0.412 e. The fraction of sp³-hybridized carbons (Fsp3) is 0.405. The normalized spacial score (nSPS) is 19.3. The smallest absolute Gasteiger partial charge is 0.412 e. The number of anilines is 1. The lowest BCUT2D eigenvalue weighted by molar-refractivity contribution is 0.0528. The summed E-state index contributed by atoms with van der Waals surface area (Å²) < 4.78 is 11.2. The fourth-order valence-corrected chi connectivity index (χ4v) is 6.21. The van der Waals surface area contributed by atoms with Gasteiger partial charge in [-0.25, -0.2) is 9.59 Å². The minimum atomic E-state index is -0.892. The molecular weight excluding hydrogens is 566 g/mol. The number of carbonyl (C=O) groups excluding carboxylic acids is 1. The van der Waals surface area contributed by atoms with Crippen molar-refractivity contribution >= 4 is 23.9 Å². The van der Waals surface area contributed by atoms with E-state index in [9.17, 15) is 14.7 Å². The Balaban J connectivity index is 1.18. The summed E-state index contributed by atoms with van der Waals surface area (Å²) in [5.41, 5.74) is 4.28. The topological polar surface area (TPSA) is 91.3 Å². The van der Waals surface area contributed by atoms with E-state index in [1.165, 1.54) is 0 Å². The third kappa shape index (κ3) is 8.88. The monoisotopic (exact) mass is 611 g/mol. The number of ether oxygens (including phenoxy) is 2. The lowest BCUT2D eigenvalue weighted by atomic mass is 9.82. The first kappa shape index (κ1) is 32.1. The molecule has 1 atom stereocenters. The molecule has 3 aromatic carbocycles. The molecule has 8 heteroatoms. The Bertz CT molecular complexity index is 1460. The van der Waals surface area contributed by atoms with Gasteiger partial charge in [-0.2, -0.15) is 0 Å². The summed E-state index contributed by atoms with van der Waals surface area (Å²) in [6.07, 6.45) is 6.39. The summed E-state index contributed by atoms with van der Waals surface area (Å²) in [6.45, 7) is 9.48. The van der Waals surface area contributed by atoms with E-state index in [0.717, 1.165) is 72.6 Å². The van der Waals surface area contributed by atoms with Crippen molar-refractivity contribution in [1.29, 1.82) is 0 Å². The van der Waals surface area contributed by atoms with Crippen LogP contribution in [-0.2, 0) is 11.2 Å². The van der Waals surface area contributed by atoms with Gasteiger partial charge in [-0.15, -0.1) is 0 Å². The number of rotatable bonds is 11. The van der Waals surface area contributed by atoms with Crippen LogP contribution in [0.5, 0.6) is 5.75 Å². The number of alkyl carbamates (subject to hydrolysis) is 1. The van der Waals surface area contributed by atoms with Crippen LogP contribution in [0.15, 0.2) is 78.9 Å². The average Bonchev–Trinajstić information content (AvgIpc) is 3.02. The van der Waals surface area contributed by atoms with Crippen LogP contribution in [-0.4, -0.2) is 66.6 Å². The average molecular weight is 612 g/mol. The van der Waals surface area contributed by atoms with Gasteiger partial charge in [0.05, 0.1) is 18.3 Å². The molecule has 6 rings (SSSR count). The van der Waals surface area contributed by atoms with Gasteiger partial charge in [0.25, 0.3) is 0 Å². The van der Waals surface area contributed by atoms with Crippen LogP contribution in [0.3, 0.4) is 0 Å². The number of carboxylic acid groups (broad SMARTS) is 1. The third-order valence-corrected chi connectivity index (χ3v) is 8.39. The molecule has 0 unspecified atom stereocenters. The zero-order chi connectivity index (χ0) is 31.8. The Labute approximate surface area is 266 Å². The molecule has 3 aliphatic heterocycles. The molecule has 2 N–H and O–H groups in total. The predicted molar refractivity (Wildman–Crippen MR) is 179 cm³/mol. The van der Waals surface area contributed by atoms with Crippen molar-refractivity contribution in [3.8, 4) is 16.9 Å². The minimum Gasteiger partial charge on any atom is -0.493 e. The van der Waals surface area contributed by atoms with Gasteiger partial charge >= 0.3 is 12.2 Å². The number of benzene rings is 3. The van der Waals surface area contributed by atoms with E-state index < -0.39 is 17.8 Å². The minimum absolute atomic E-state index is 0.0334. The zero-order valence-electron chi connectivity index (χ0n) is 26.6. The zero-order valence-corrected chi connectivity index (χ0v) is 26.6. The summed E-state index contributed by atoms with van der Waals surface area (Å²) >= 11 is 0. The largest absolute Gasteiger partial charge is 0.493 e. The highest BCUT2D eigenvalue weighted by atomic mass is 16.6. The Hall–Kier alpha value is -4.30. The molecule has 3 fully saturated rings. The van der Waals surface area contributed by atoms with Crippen LogP contribution >= 0.6 is 0 Å². The standard InChI is InChI=1S/C37H45N3O5/c1-37(2,3)45-35(41)38-21-18-27-12-15-31(16-13-27)44-24-8-7-9-28-14-17-33(32(25-28)29-10-5-4-6-11-29)40(36(42)43)34-26-39-22-19-30(34)20-23-39/h4-7,9-17,25,30,34H,8,18-24,26H2,1-3H3,(H,38,41)(H,42,43)/b9-7+/t34-/m0/s1. The quantitative estimate of drug-likeness (QED) is 0.219. The van der Waals surface area contributed by atoms with E-state index in [1.807, 2.05) is 87.5 Å². The van der Waals surface area contributed by atoms with Gasteiger partial charge in [0.1, 0.15) is 11.4 Å². The lowest BCUT2D eigenvalue weighted by Crippen LogP contribution is -2.58. The maximum atomic E-state index is 12.7. The molecule has 238 valence electrons. The molecule has 0 spiro atoms. The lowest BCUT2D eigenvalue weighted by Gasteiger charge is -2.48. The fourth-order valence-electron chi connectivity index (χ4n) is 6.21. The number of hydrogen-bond acceptors (Lipinski definition) is 5. The van der Waals surface area contributed by atoms with Crippen molar-refractivity contribution in [2.45, 2.75) is 58.1 Å². The summed E-state index contributed by atoms with van der Waals surface area (Å²) in [7, 11) is 0. The highest BCUT2D eigenvalue weighted by molar-refractivity contribution is 5.94. The van der Waals surface area contributed by atoms with Gasteiger partial charge in [0.15, 0.2) is 0 Å². The summed E-state index contributed by atoms with van der Waals surface area (Å²) in [4.78, 5) is 28.5. The number of nitrogens with one attached hydrogen (secondary N) is 1. The first-order valence-corrected chi connectivity index (χ1v) is 16.0. The van der Waals surface area contributed by atoms with Crippen molar-refractivity contribution < 1.29 is 24.2 Å². The Morgan fingerprint density at radius 2 is 1.76 bits per heavy atom. The molecule has 3 saturated heterocycles. The molecular formula is C37H45N3O5. The van der Waals surface area contributed by atoms with Crippen LogP contribution in [0.25, 0.3) is 17.2 Å². The summed E-state index contributed by atoms with van der Waals surface area (Å²) in [5, 5.41) is 13.2. The van der Waals surface area contributed by atoms with Crippen LogP contribution in [0.4, 0.5) is 15.3 Å². The molecule has 2 bridgehead atoms. The molecule has 3 aliphatic rings. The SMILES string of the molecule is CC(C)(C)OC(=O)NCCc1ccc(OCC/C=C/c2ccc(N(C(=O)O)[C@H]3CN4CCC3CC4)c(-c3ccccc3)c2)cc1. The van der Waals surface area contributed by atoms with E-state index >= 15 is 0 Å². The van der Waals surface area contributed by atoms with E-state index in [-0.39, 0.29) is 6.04 Å². The number of piperidine rings is 3. The molecule has 3 heterocycles. The summed E-state index contributed by atoms with van der Waals surface area (Å²) in [5.74, 6) is 1.19. The van der Waals surface area contributed by atoms with Crippen molar-refractivity contribution in [3.05, 3.63) is 90.0 Å². The van der Waals surface area contributed by atoms with Crippen LogP contribution in [0, 0.1) is 5.92 Å². The molecule has 0 saturated carbocycles. The second kappa shape index (κ2) is 14.7. The predicted octanol–water partition coefficient (Wildman–Crippen LogP) is 7.48. The third-order valence-electron chi connectivity index (χ3n) is 8.39. The molecule has 0 radical (unpaired) electrons. The first-order valence-electron chi connectivity index (χ1n) is 16.0. The number of amides is 2. The summed E-state index contributed by atoms with van der Waals surface area (Å²) in [6, 6.07) is 24.0. The molecule has 45 heavy (non-hydrogen) atoms. The molecule has 8 nitrogen and oxygen atoms in total. The van der Waals surface area contributed by atoms with E-state index in [0.29, 0.717) is 25.5 Å². The second-order valence-corrected chi connectivity index (χ2v) is 12.9. The Morgan fingerprint density at radius 3 is 2.40 bits per heavy atom. The molecule has 0 aromatic heterocycles. The van der Waals surface area contributed by atoms with E-state index in [4.69, 9.17) is 9.47 Å². The molecule has 3 aromatic rings. The Kier molecular flexibility index (Phi) is 10.5. The van der Waals surface area contributed by atoms with Gasteiger partial charge in [-0.3, -0.25) is 4.90 Å². The second-order valence-electron chi connectivity index (χ2n) is 12.9. The van der Waals surface area contributed by atoms with Crippen molar-refractivity contribution in [2.24, 2.45) is 5.92 Å². The van der Waals surface area contributed by atoms with Crippen LogP contribution < -0.4 is 15.0 Å². The van der Waals surface area contributed by atoms with Crippen molar-refractivity contribution in [2.75, 3.05) is 37.7 Å². The number of fused-ring (bicyclic) bond motifs is 3. The van der Waals surface area contributed by atoms with Gasteiger partial charge in [-0.05, 0) is 106 Å². The number of hydrogen-bond donors (Lipinski definition) is 2. The van der Waals surface area contributed by atoms with Crippen LogP contribution in [0.1, 0.15) is 51.2 Å².